The molecule has 0 saturated carbocycles. The van der Waals surface area contributed by atoms with Crippen molar-refractivity contribution in [1.82, 2.24) is 9.38 Å². The lowest BCUT2D eigenvalue weighted by atomic mass is 10.2. The molecule has 0 saturated heterocycles. The molecule has 0 bridgehead atoms. The maximum atomic E-state index is 12.1. The van der Waals surface area contributed by atoms with E-state index in [1.165, 1.54) is 0 Å². The Morgan fingerprint density at radius 1 is 1.17 bits per heavy atom. The van der Waals surface area contributed by atoms with Crippen molar-refractivity contribution in [3.63, 3.8) is 0 Å². The quantitative estimate of drug-likeness (QED) is 0.653. The third kappa shape index (κ3) is 3.86. The Labute approximate surface area is 144 Å². The summed E-state index contributed by atoms with van der Waals surface area (Å²) in [6.45, 7) is 4.00. The van der Waals surface area contributed by atoms with Crippen LogP contribution in [0, 0.1) is 0 Å². The molecule has 0 N–H and O–H groups in total. The second-order valence-electron chi connectivity index (χ2n) is 5.61. The zero-order chi connectivity index (χ0) is 17.1. The fourth-order valence-electron chi connectivity index (χ4n) is 2.25. The lowest BCUT2D eigenvalue weighted by molar-refractivity contribution is 0.0468. The highest BCUT2D eigenvalue weighted by molar-refractivity contribution is 6.30. The van der Waals surface area contributed by atoms with Crippen LogP contribution in [0.5, 0.6) is 5.75 Å². The van der Waals surface area contributed by atoms with E-state index in [1.54, 1.807) is 53.2 Å². The van der Waals surface area contributed by atoms with Gasteiger partial charge in [0.05, 0.1) is 22.4 Å². The summed E-state index contributed by atoms with van der Waals surface area (Å²) in [5.74, 6) is 0.319. The molecule has 0 amide bonds. The molecule has 0 spiro atoms. The summed E-state index contributed by atoms with van der Waals surface area (Å²) in [5.41, 5.74) is 1.88. The van der Waals surface area contributed by atoms with Crippen molar-refractivity contribution in [3.05, 3.63) is 65.1 Å². The molecule has 0 radical (unpaired) electrons. The summed E-state index contributed by atoms with van der Waals surface area (Å²) in [6.07, 6.45) is 3.63. The molecule has 6 heteroatoms. The van der Waals surface area contributed by atoms with Crippen molar-refractivity contribution in [2.75, 3.05) is 0 Å². The van der Waals surface area contributed by atoms with Crippen molar-refractivity contribution in [1.29, 1.82) is 0 Å². The van der Waals surface area contributed by atoms with Crippen molar-refractivity contribution < 1.29 is 14.3 Å². The lowest BCUT2D eigenvalue weighted by Gasteiger charge is -2.09. The second-order valence-corrected chi connectivity index (χ2v) is 6.05. The average molecular weight is 345 g/mol. The highest BCUT2D eigenvalue weighted by atomic mass is 35.5. The summed E-state index contributed by atoms with van der Waals surface area (Å²) >= 11 is 5.94. The van der Waals surface area contributed by atoms with Gasteiger partial charge in [0.1, 0.15) is 18.0 Å². The van der Waals surface area contributed by atoms with Crippen LogP contribution in [0.1, 0.15) is 29.9 Å². The lowest BCUT2D eigenvalue weighted by Crippen LogP contribution is -2.07. The van der Waals surface area contributed by atoms with Gasteiger partial charge in [-0.25, -0.2) is 9.78 Å². The molecule has 0 atom stereocenters. The number of halogens is 1. The first-order valence-electron chi connectivity index (χ1n) is 7.58. The van der Waals surface area contributed by atoms with E-state index < -0.39 is 5.97 Å². The minimum atomic E-state index is -0.402. The Balaban J connectivity index is 1.63. The Kier molecular flexibility index (Phi) is 4.71. The first kappa shape index (κ1) is 16.3. The molecule has 0 fully saturated rings. The number of rotatable bonds is 5. The molecule has 0 aliphatic carbocycles. The van der Waals surface area contributed by atoms with E-state index in [2.05, 4.69) is 4.98 Å². The van der Waals surface area contributed by atoms with Crippen LogP contribution >= 0.6 is 11.6 Å². The number of imidazole rings is 1. The Morgan fingerprint density at radius 2 is 1.92 bits per heavy atom. The maximum Gasteiger partial charge on any atom is 0.338 e. The van der Waals surface area contributed by atoms with Gasteiger partial charge < -0.3 is 13.9 Å². The minimum Gasteiger partial charge on any atom is -0.491 e. The molecular weight excluding hydrogens is 328 g/mol. The predicted octanol–water partition coefficient (Wildman–Crippen LogP) is 4.13. The molecule has 3 rings (SSSR count). The fraction of sp³-hybridized carbons (Fsp3) is 0.222. The number of benzene rings is 1. The van der Waals surface area contributed by atoms with Crippen molar-refractivity contribution in [2.24, 2.45) is 0 Å². The van der Waals surface area contributed by atoms with Crippen LogP contribution in [-0.2, 0) is 11.3 Å². The molecule has 1 aromatic carbocycles. The minimum absolute atomic E-state index is 0.0892. The van der Waals surface area contributed by atoms with Gasteiger partial charge >= 0.3 is 5.97 Å². The number of hydrogen-bond donors (Lipinski definition) is 0. The standard InChI is InChI=1S/C18H17ClN2O3/c1-12(2)24-16-6-3-13(4-7-16)18(22)23-11-15-10-21-9-14(19)5-8-17(21)20-15/h3-10,12H,11H2,1-2H3. The number of carbonyl (C=O) groups excluding carboxylic acids is 1. The van der Waals surface area contributed by atoms with Crippen LogP contribution in [0.15, 0.2) is 48.8 Å². The van der Waals surface area contributed by atoms with Crippen LogP contribution in [-0.4, -0.2) is 21.5 Å². The van der Waals surface area contributed by atoms with E-state index >= 15 is 0 Å². The van der Waals surface area contributed by atoms with Gasteiger partial charge in [-0.1, -0.05) is 11.6 Å². The number of hydrogen-bond acceptors (Lipinski definition) is 4. The van der Waals surface area contributed by atoms with Gasteiger partial charge in [0.2, 0.25) is 0 Å². The zero-order valence-electron chi connectivity index (χ0n) is 13.4. The number of esters is 1. The molecule has 5 nitrogen and oxygen atoms in total. The number of aromatic nitrogens is 2. The van der Waals surface area contributed by atoms with E-state index in [0.29, 0.717) is 16.3 Å². The van der Waals surface area contributed by atoms with E-state index in [0.717, 1.165) is 11.4 Å². The van der Waals surface area contributed by atoms with Gasteiger partial charge in [0.25, 0.3) is 0 Å². The SMILES string of the molecule is CC(C)Oc1ccc(C(=O)OCc2cn3cc(Cl)ccc3n2)cc1. The maximum absolute atomic E-state index is 12.1. The molecule has 2 aromatic heterocycles. The largest absolute Gasteiger partial charge is 0.491 e. The first-order valence-corrected chi connectivity index (χ1v) is 7.96. The molecule has 2 heterocycles. The van der Waals surface area contributed by atoms with Gasteiger partial charge in [-0.2, -0.15) is 0 Å². The van der Waals surface area contributed by atoms with Crippen molar-refractivity contribution in [2.45, 2.75) is 26.6 Å². The molecule has 0 aliphatic heterocycles. The third-order valence-electron chi connectivity index (χ3n) is 3.28. The molecule has 3 aromatic rings. The number of pyridine rings is 1. The van der Waals surface area contributed by atoms with Gasteiger partial charge in [0.15, 0.2) is 0 Å². The van der Waals surface area contributed by atoms with Crippen LogP contribution in [0.25, 0.3) is 5.65 Å². The predicted molar refractivity (Wildman–Crippen MR) is 91.5 cm³/mol. The Hall–Kier alpha value is -2.53. The third-order valence-corrected chi connectivity index (χ3v) is 3.50. The monoisotopic (exact) mass is 344 g/mol. The number of fused-ring (bicyclic) bond motifs is 1. The summed E-state index contributed by atoms with van der Waals surface area (Å²) in [6, 6.07) is 10.4. The molecule has 124 valence electrons. The molecule has 0 unspecified atom stereocenters. The molecule has 0 aliphatic rings. The highest BCUT2D eigenvalue weighted by Crippen LogP contribution is 2.16. The van der Waals surface area contributed by atoms with Crippen LogP contribution in [0.4, 0.5) is 0 Å². The second kappa shape index (κ2) is 6.93. The Bertz CT molecular complexity index is 856. The topological polar surface area (TPSA) is 52.8 Å². The summed E-state index contributed by atoms with van der Waals surface area (Å²) < 4.78 is 12.6. The van der Waals surface area contributed by atoms with E-state index in [1.807, 2.05) is 13.8 Å². The fourth-order valence-corrected chi connectivity index (χ4v) is 2.42. The van der Waals surface area contributed by atoms with Crippen LogP contribution < -0.4 is 4.74 Å². The molecular formula is C18H17ClN2O3. The average Bonchev–Trinajstić information content (AvgIpc) is 2.94. The smallest absolute Gasteiger partial charge is 0.338 e. The van der Waals surface area contributed by atoms with E-state index in [4.69, 9.17) is 21.1 Å². The van der Waals surface area contributed by atoms with Gasteiger partial charge in [0, 0.05) is 12.4 Å². The van der Waals surface area contributed by atoms with Gasteiger partial charge in [-0.15, -0.1) is 0 Å². The first-order chi connectivity index (χ1) is 11.5. The van der Waals surface area contributed by atoms with Gasteiger partial charge in [-0.3, -0.25) is 0 Å². The summed E-state index contributed by atoms with van der Waals surface area (Å²) in [5, 5.41) is 0.618. The molecule has 24 heavy (non-hydrogen) atoms. The van der Waals surface area contributed by atoms with E-state index in [9.17, 15) is 4.79 Å². The highest BCUT2D eigenvalue weighted by Gasteiger charge is 2.10. The van der Waals surface area contributed by atoms with E-state index in [-0.39, 0.29) is 12.7 Å². The zero-order valence-corrected chi connectivity index (χ0v) is 14.2. The van der Waals surface area contributed by atoms with Gasteiger partial charge in [-0.05, 0) is 50.2 Å². The van der Waals surface area contributed by atoms with Crippen LogP contribution in [0.2, 0.25) is 5.02 Å². The number of nitrogens with zero attached hydrogens (tertiary/aromatic N) is 2. The number of carbonyl (C=O) groups is 1. The van der Waals surface area contributed by atoms with Crippen molar-refractivity contribution in [3.8, 4) is 5.75 Å². The number of ether oxygens (including phenoxy) is 2. The van der Waals surface area contributed by atoms with Crippen molar-refractivity contribution >= 4 is 23.2 Å². The summed E-state index contributed by atoms with van der Waals surface area (Å²) in [7, 11) is 0. The van der Waals surface area contributed by atoms with Crippen LogP contribution in [0.3, 0.4) is 0 Å². The summed E-state index contributed by atoms with van der Waals surface area (Å²) in [4.78, 5) is 16.5. The normalized spacial score (nSPS) is 11.0. The Morgan fingerprint density at radius 3 is 2.62 bits per heavy atom.